The van der Waals surface area contributed by atoms with E-state index < -0.39 is 47.0 Å². The van der Waals surface area contributed by atoms with E-state index in [0.717, 1.165) is 29.5 Å². The Labute approximate surface area is 198 Å². The monoisotopic (exact) mass is 506 g/mol. The number of benzene rings is 2. The number of hydrogen-bond acceptors (Lipinski definition) is 6. The Bertz CT molecular complexity index is 1590. The van der Waals surface area contributed by atoms with E-state index in [-0.39, 0.29) is 39.3 Å². The summed E-state index contributed by atoms with van der Waals surface area (Å²) >= 11 is 0.743. The summed E-state index contributed by atoms with van der Waals surface area (Å²) in [6, 6.07) is 4.25. The van der Waals surface area contributed by atoms with Crippen LogP contribution < -0.4 is 20.7 Å². The minimum Gasteiger partial charge on any atom is -0.496 e. The number of aromatic carboxylic acids is 1. The van der Waals surface area contributed by atoms with Gasteiger partial charge in [-0.25, -0.2) is 27.3 Å². The summed E-state index contributed by atoms with van der Waals surface area (Å²) in [6.07, 6.45) is 0.271. The molecule has 0 aliphatic carbocycles. The molecule has 2 heterocycles. The van der Waals surface area contributed by atoms with Gasteiger partial charge < -0.3 is 19.6 Å². The fourth-order valence-corrected chi connectivity index (χ4v) is 4.46. The fourth-order valence-electron chi connectivity index (χ4n) is 3.63. The Morgan fingerprint density at radius 3 is 2.54 bits per heavy atom. The maximum Gasteiger partial charge on any atom is 0.346 e. The lowest BCUT2D eigenvalue weighted by atomic mass is 10.1. The first-order chi connectivity index (χ1) is 16.7. The van der Waals surface area contributed by atoms with Crippen molar-refractivity contribution in [1.29, 1.82) is 0 Å². The van der Waals surface area contributed by atoms with E-state index in [1.54, 1.807) is 6.92 Å². The number of rotatable bonds is 7. The number of nitrogens with zero attached hydrogens (tertiary/aromatic N) is 1. The molecule has 8 nitrogen and oxygen atoms in total. The molecular formula is C23H17F3N2O6S. The molecule has 4 rings (SSSR count). The predicted octanol–water partition coefficient (Wildman–Crippen LogP) is 4.01. The second-order valence-corrected chi connectivity index (χ2v) is 8.20. The first kappa shape index (κ1) is 24.1. The molecule has 0 radical (unpaired) electrons. The molecule has 2 aromatic heterocycles. The number of aromatic nitrogens is 2. The molecule has 35 heavy (non-hydrogen) atoms. The Morgan fingerprint density at radius 2 is 1.89 bits per heavy atom. The number of thiophene rings is 1. The van der Waals surface area contributed by atoms with Crippen molar-refractivity contribution in [3.8, 4) is 17.2 Å². The van der Waals surface area contributed by atoms with Gasteiger partial charge in [0.1, 0.15) is 28.8 Å². The summed E-state index contributed by atoms with van der Waals surface area (Å²) in [6.45, 7) is 1.20. The minimum absolute atomic E-state index is 0.00443. The van der Waals surface area contributed by atoms with Crippen molar-refractivity contribution in [2.24, 2.45) is 0 Å². The SMILES string of the molecule is CCc1cc(F)c(-n2c(=O)[nH]c3csc(C(=O)O)c3c2=O)cc1OCc1c(OC)ccc(F)c1F. The molecule has 0 spiro atoms. The summed E-state index contributed by atoms with van der Waals surface area (Å²) in [5.41, 5.74) is -2.41. The summed E-state index contributed by atoms with van der Waals surface area (Å²) in [5, 5.41) is 10.4. The van der Waals surface area contributed by atoms with Gasteiger partial charge in [0, 0.05) is 11.4 Å². The lowest BCUT2D eigenvalue weighted by Gasteiger charge is -2.16. The number of fused-ring (bicyclic) bond motifs is 1. The van der Waals surface area contributed by atoms with E-state index in [9.17, 15) is 28.3 Å². The third-order valence-corrected chi connectivity index (χ3v) is 6.31. The number of carboxylic acids is 1. The summed E-state index contributed by atoms with van der Waals surface area (Å²) in [4.78, 5) is 39.3. The second kappa shape index (κ2) is 9.29. The van der Waals surface area contributed by atoms with E-state index >= 15 is 4.39 Å². The molecule has 182 valence electrons. The van der Waals surface area contributed by atoms with Crippen LogP contribution in [0.25, 0.3) is 16.6 Å². The molecule has 0 fully saturated rings. The number of hydrogen-bond donors (Lipinski definition) is 2. The number of carboxylic acid groups (broad SMARTS) is 1. The number of methoxy groups -OCH3 is 1. The van der Waals surface area contributed by atoms with Crippen LogP contribution in [-0.4, -0.2) is 27.7 Å². The Morgan fingerprint density at radius 1 is 1.14 bits per heavy atom. The lowest BCUT2D eigenvalue weighted by molar-refractivity contribution is 0.0704. The van der Waals surface area contributed by atoms with Crippen molar-refractivity contribution >= 4 is 28.2 Å². The van der Waals surface area contributed by atoms with E-state index in [2.05, 4.69) is 4.98 Å². The van der Waals surface area contributed by atoms with Crippen molar-refractivity contribution in [3.63, 3.8) is 0 Å². The highest BCUT2D eigenvalue weighted by Crippen LogP contribution is 2.30. The van der Waals surface area contributed by atoms with Crippen LogP contribution in [-0.2, 0) is 13.0 Å². The van der Waals surface area contributed by atoms with E-state index in [1.807, 2.05) is 0 Å². The highest BCUT2D eigenvalue weighted by atomic mass is 32.1. The van der Waals surface area contributed by atoms with Crippen LogP contribution in [0, 0.1) is 17.5 Å². The summed E-state index contributed by atoms with van der Waals surface area (Å²) in [5.74, 6) is -4.58. The third kappa shape index (κ3) is 4.16. The number of halogens is 3. The number of aromatic amines is 1. The second-order valence-electron chi connectivity index (χ2n) is 7.33. The molecule has 12 heteroatoms. The van der Waals surface area contributed by atoms with E-state index in [4.69, 9.17) is 9.47 Å². The van der Waals surface area contributed by atoms with Gasteiger partial charge in [-0.1, -0.05) is 6.92 Å². The van der Waals surface area contributed by atoms with Crippen molar-refractivity contribution in [2.75, 3.05) is 7.11 Å². The molecular weight excluding hydrogens is 489 g/mol. The average molecular weight is 506 g/mol. The largest absolute Gasteiger partial charge is 0.496 e. The molecule has 2 aromatic carbocycles. The van der Waals surface area contributed by atoms with E-state index in [0.29, 0.717) is 10.1 Å². The molecule has 4 aromatic rings. The lowest BCUT2D eigenvalue weighted by Crippen LogP contribution is -2.34. The Balaban J connectivity index is 1.86. The van der Waals surface area contributed by atoms with Crippen LogP contribution in [0.2, 0.25) is 0 Å². The predicted molar refractivity (Wildman–Crippen MR) is 122 cm³/mol. The van der Waals surface area contributed by atoms with E-state index in [1.165, 1.54) is 18.6 Å². The van der Waals surface area contributed by atoms with Gasteiger partial charge in [0.05, 0.1) is 29.3 Å². The van der Waals surface area contributed by atoms with Gasteiger partial charge >= 0.3 is 11.7 Å². The molecule has 0 aliphatic rings. The Hall–Kier alpha value is -4.06. The maximum absolute atomic E-state index is 15.0. The summed E-state index contributed by atoms with van der Waals surface area (Å²) < 4.78 is 54.3. The number of H-pyrrole nitrogens is 1. The van der Waals surface area contributed by atoms with Crippen LogP contribution in [0.4, 0.5) is 13.2 Å². The average Bonchev–Trinajstić information content (AvgIpc) is 3.25. The molecule has 0 bridgehead atoms. The zero-order chi connectivity index (χ0) is 25.4. The number of aryl methyl sites for hydroxylation is 1. The highest BCUT2D eigenvalue weighted by Gasteiger charge is 2.22. The van der Waals surface area contributed by atoms with Gasteiger partial charge in [-0.3, -0.25) is 4.79 Å². The van der Waals surface area contributed by atoms with Gasteiger partial charge in [0.25, 0.3) is 5.56 Å². The van der Waals surface area contributed by atoms with Crippen molar-refractivity contribution in [3.05, 3.63) is 83.9 Å². The van der Waals surface area contributed by atoms with Gasteiger partial charge in [-0.2, -0.15) is 0 Å². The van der Waals surface area contributed by atoms with Gasteiger partial charge in [0.15, 0.2) is 11.6 Å². The molecule has 0 saturated carbocycles. The number of carbonyl (C=O) groups is 1. The maximum atomic E-state index is 15.0. The Kier molecular flexibility index (Phi) is 6.39. The number of ether oxygens (including phenoxy) is 2. The van der Waals surface area contributed by atoms with Gasteiger partial charge in [0.2, 0.25) is 0 Å². The van der Waals surface area contributed by atoms with Crippen molar-refractivity contribution in [2.45, 2.75) is 20.0 Å². The van der Waals surface area contributed by atoms with Crippen molar-refractivity contribution < 1.29 is 32.5 Å². The minimum atomic E-state index is -1.38. The zero-order valence-corrected chi connectivity index (χ0v) is 19.1. The topological polar surface area (TPSA) is 111 Å². The molecule has 0 atom stereocenters. The molecule has 0 unspecified atom stereocenters. The summed E-state index contributed by atoms with van der Waals surface area (Å²) in [7, 11) is 1.27. The smallest absolute Gasteiger partial charge is 0.346 e. The van der Waals surface area contributed by atoms with Crippen LogP contribution in [0.1, 0.15) is 27.7 Å². The molecule has 0 aliphatic heterocycles. The van der Waals surface area contributed by atoms with Crippen LogP contribution in [0.3, 0.4) is 0 Å². The van der Waals surface area contributed by atoms with Crippen LogP contribution in [0.15, 0.2) is 39.2 Å². The van der Waals surface area contributed by atoms with Gasteiger partial charge in [-0.15, -0.1) is 11.3 Å². The molecule has 2 N–H and O–H groups in total. The zero-order valence-electron chi connectivity index (χ0n) is 18.3. The van der Waals surface area contributed by atoms with Crippen LogP contribution in [0.5, 0.6) is 11.5 Å². The first-order valence-electron chi connectivity index (χ1n) is 10.1. The normalized spacial score (nSPS) is 11.1. The number of nitrogens with one attached hydrogen (secondary N) is 1. The standard InChI is InChI=1S/C23H17F3N2O6S/c1-3-10-6-13(25)15(7-17(10)34-8-11-16(33-2)5-4-12(24)19(11)26)28-21(29)18-14(27-23(28)32)9-35-20(18)22(30)31/h4-7,9H,3,8H2,1-2H3,(H,27,32)(H,30,31). The van der Waals surface area contributed by atoms with Crippen molar-refractivity contribution in [1.82, 2.24) is 9.55 Å². The molecule has 0 saturated heterocycles. The fraction of sp³-hybridized carbons (Fsp3) is 0.174. The quantitative estimate of drug-likeness (QED) is 0.392. The van der Waals surface area contributed by atoms with Gasteiger partial charge in [-0.05, 0) is 30.2 Å². The highest BCUT2D eigenvalue weighted by molar-refractivity contribution is 7.13. The van der Waals surface area contributed by atoms with Crippen LogP contribution >= 0.6 is 11.3 Å². The third-order valence-electron chi connectivity index (χ3n) is 5.34. The first-order valence-corrected chi connectivity index (χ1v) is 11.0. The molecule has 0 amide bonds.